The molecule has 4 heteroatoms. The van der Waals surface area contributed by atoms with Crippen molar-refractivity contribution in [2.75, 3.05) is 13.1 Å². The predicted molar refractivity (Wildman–Crippen MR) is 68.9 cm³/mol. The van der Waals surface area contributed by atoms with Crippen LogP contribution in [0.15, 0.2) is 18.2 Å². The van der Waals surface area contributed by atoms with Crippen LogP contribution in [0.5, 0.6) is 11.5 Å². The molecule has 1 saturated heterocycles. The molecule has 1 aromatic carbocycles. The largest absolute Gasteiger partial charge is 0.504 e. The summed E-state index contributed by atoms with van der Waals surface area (Å²) >= 11 is 0. The van der Waals surface area contributed by atoms with Gasteiger partial charge < -0.3 is 10.2 Å². The molecule has 0 bridgehead atoms. The third kappa shape index (κ3) is 2.64. The number of aromatic hydroxyl groups is 2. The van der Waals surface area contributed by atoms with E-state index in [9.17, 15) is 15.0 Å². The Balaban J connectivity index is 2.05. The zero-order chi connectivity index (χ0) is 13.3. The van der Waals surface area contributed by atoms with Crippen LogP contribution in [-0.2, 0) is 0 Å². The van der Waals surface area contributed by atoms with Gasteiger partial charge >= 0.3 is 0 Å². The number of Topliss-reactive ketones (excluding diaryl/α,β-unsaturated/α-hetero) is 1. The highest BCUT2D eigenvalue weighted by atomic mass is 16.3. The minimum atomic E-state index is -0.247. The number of hydrogen-bond donors (Lipinski definition) is 2. The van der Waals surface area contributed by atoms with Crippen molar-refractivity contribution in [1.82, 2.24) is 4.90 Å². The van der Waals surface area contributed by atoms with Gasteiger partial charge in [-0.15, -0.1) is 0 Å². The zero-order valence-electron chi connectivity index (χ0n) is 10.8. The van der Waals surface area contributed by atoms with E-state index in [1.807, 2.05) is 0 Å². The number of nitrogens with zero attached hydrogens (tertiary/aromatic N) is 1. The van der Waals surface area contributed by atoms with Crippen LogP contribution in [0.1, 0.15) is 30.6 Å². The molecule has 0 saturated carbocycles. The molecular weight excluding hydrogens is 230 g/mol. The quantitative estimate of drug-likeness (QED) is 0.635. The molecule has 2 N–H and O–H groups in total. The summed E-state index contributed by atoms with van der Waals surface area (Å²) in [5, 5.41) is 18.6. The van der Waals surface area contributed by atoms with E-state index in [0.717, 1.165) is 13.0 Å². The molecule has 1 aliphatic rings. The molecule has 0 spiro atoms. The average molecular weight is 249 g/mol. The van der Waals surface area contributed by atoms with Crippen molar-refractivity contribution in [3.05, 3.63) is 23.8 Å². The van der Waals surface area contributed by atoms with Crippen molar-refractivity contribution in [3.63, 3.8) is 0 Å². The first-order chi connectivity index (χ1) is 8.47. The summed E-state index contributed by atoms with van der Waals surface area (Å²) in [6.45, 7) is 5.63. The van der Waals surface area contributed by atoms with Crippen molar-refractivity contribution in [2.45, 2.75) is 26.3 Å². The highest BCUT2D eigenvalue weighted by molar-refractivity contribution is 5.98. The Bertz CT molecular complexity index is 458. The van der Waals surface area contributed by atoms with Crippen molar-refractivity contribution in [3.8, 4) is 11.5 Å². The molecule has 0 aliphatic carbocycles. The average Bonchev–Trinajstić information content (AvgIpc) is 2.61. The summed E-state index contributed by atoms with van der Waals surface area (Å²) in [4.78, 5) is 14.2. The van der Waals surface area contributed by atoms with Gasteiger partial charge in [0.1, 0.15) is 0 Å². The molecule has 2 unspecified atom stereocenters. The fraction of sp³-hybridized carbons (Fsp3) is 0.500. The van der Waals surface area contributed by atoms with Gasteiger partial charge in [0.05, 0.1) is 6.54 Å². The fourth-order valence-electron chi connectivity index (χ4n) is 2.58. The normalized spacial score (nSPS) is 24.3. The van der Waals surface area contributed by atoms with Crippen LogP contribution in [-0.4, -0.2) is 40.0 Å². The zero-order valence-corrected chi connectivity index (χ0v) is 10.8. The number of likely N-dealkylation sites (tertiary alicyclic amines) is 1. The third-order valence-corrected chi connectivity index (χ3v) is 3.56. The number of phenolic OH excluding ortho intramolecular Hbond substituents is 2. The van der Waals surface area contributed by atoms with Gasteiger partial charge in [0.2, 0.25) is 0 Å². The molecule has 0 amide bonds. The SMILES string of the molecule is CC1CC(C)N(CC(=O)c2ccc(O)c(O)c2)C1. The molecule has 0 radical (unpaired) electrons. The Morgan fingerprint density at radius 2 is 2.06 bits per heavy atom. The second-order valence-corrected chi connectivity index (χ2v) is 5.25. The van der Waals surface area contributed by atoms with E-state index in [0.29, 0.717) is 24.1 Å². The van der Waals surface area contributed by atoms with Crippen LogP contribution in [0.4, 0.5) is 0 Å². The van der Waals surface area contributed by atoms with Gasteiger partial charge in [0.25, 0.3) is 0 Å². The van der Waals surface area contributed by atoms with Gasteiger partial charge in [-0.1, -0.05) is 6.92 Å². The lowest BCUT2D eigenvalue weighted by molar-refractivity contribution is 0.0924. The number of ketones is 1. The minimum Gasteiger partial charge on any atom is -0.504 e. The lowest BCUT2D eigenvalue weighted by Crippen LogP contribution is -2.32. The van der Waals surface area contributed by atoms with E-state index in [-0.39, 0.29) is 17.3 Å². The van der Waals surface area contributed by atoms with E-state index in [4.69, 9.17) is 0 Å². The number of hydrogen-bond acceptors (Lipinski definition) is 4. The van der Waals surface area contributed by atoms with E-state index in [1.165, 1.54) is 12.1 Å². The summed E-state index contributed by atoms with van der Waals surface area (Å²) in [5.74, 6) is 0.158. The first-order valence-corrected chi connectivity index (χ1v) is 6.26. The van der Waals surface area contributed by atoms with Crippen molar-refractivity contribution < 1.29 is 15.0 Å². The van der Waals surface area contributed by atoms with Gasteiger partial charge in [0.15, 0.2) is 17.3 Å². The molecule has 1 heterocycles. The summed E-state index contributed by atoms with van der Waals surface area (Å²) in [6.07, 6.45) is 1.12. The first kappa shape index (κ1) is 12.9. The second kappa shape index (κ2) is 4.98. The molecular formula is C14H19NO3. The maximum absolute atomic E-state index is 12.1. The monoisotopic (exact) mass is 249 g/mol. The lowest BCUT2D eigenvalue weighted by Gasteiger charge is -2.19. The summed E-state index contributed by atoms with van der Waals surface area (Å²) in [5.41, 5.74) is 0.442. The number of rotatable bonds is 3. The molecule has 1 fully saturated rings. The van der Waals surface area contributed by atoms with E-state index < -0.39 is 0 Å². The summed E-state index contributed by atoms with van der Waals surface area (Å²) in [6, 6.07) is 4.64. The molecule has 1 aromatic rings. The smallest absolute Gasteiger partial charge is 0.176 e. The van der Waals surface area contributed by atoms with Crippen molar-refractivity contribution in [2.24, 2.45) is 5.92 Å². The first-order valence-electron chi connectivity index (χ1n) is 6.26. The Morgan fingerprint density at radius 1 is 1.33 bits per heavy atom. The van der Waals surface area contributed by atoms with Crippen molar-refractivity contribution in [1.29, 1.82) is 0 Å². The topological polar surface area (TPSA) is 60.8 Å². The molecule has 4 nitrogen and oxygen atoms in total. The lowest BCUT2D eigenvalue weighted by atomic mass is 10.1. The number of carbonyl (C=O) groups is 1. The maximum atomic E-state index is 12.1. The summed E-state index contributed by atoms with van der Waals surface area (Å²) < 4.78 is 0. The van der Waals surface area contributed by atoms with Crippen LogP contribution >= 0.6 is 0 Å². The molecule has 2 rings (SSSR count). The number of phenols is 2. The van der Waals surface area contributed by atoms with E-state index >= 15 is 0 Å². The van der Waals surface area contributed by atoms with Gasteiger partial charge in [-0.25, -0.2) is 0 Å². The Kier molecular flexibility index (Phi) is 3.57. The number of carbonyl (C=O) groups excluding carboxylic acids is 1. The highest BCUT2D eigenvalue weighted by Gasteiger charge is 2.27. The van der Waals surface area contributed by atoms with Gasteiger partial charge in [-0.05, 0) is 37.5 Å². The Morgan fingerprint density at radius 3 is 2.61 bits per heavy atom. The second-order valence-electron chi connectivity index (χ2n) is 5.25. The predicted octanol–water partition coefficient (Wildman–Crippen LogP) is 2.01. The van der Waals surface area contributed by atoms with Crippen LogP contribution in [0.25, 0.3) is 0 Å². The van der Waals surface area contributed by atoms with E-state index in [2.05, 4.69) is 18.7 Å². The van der Waals surface area contributed by atoms with Crippen LogP contribution < -0.4 is 0 Å². The van der Waals surface area contributed by atoms with E-state index in [1.54, 1.807) is 6.07 Å². The minimum absolute atomic E-state index is 0.0220. The van der Waals surface area contributed by atoms with Crippen LogP contribution in [0.3, 0.4) is 0 Å². The Hall–Kier alpha value is -1.55. The standard InChI is InChI=1S/C14H19NO3/c1-9-5-10(2)15(7-9)8-14(18)11-3-4-12(16)13(17)6-11/h3-4,6,9-10,16-17H,5,7-8H2,1-2H3. The molecule has 18 heavy (non-hydrogen) atoms. The van der Waals surface area contributed by atoms with Crippen LogP contribution in [0.2, 0.25) is 0 Å². The van der Waals surface area contributed by atoms with Crippen molar-refractivity contribution >= 4 is 5.78 Å². The molecule has 98 valence electrons. The van der Waals surface area contributed by atoms with Gasteiger partial charge in [-0.3, -0.25) is 9.69 Å². The Labute approximate surface area is 107 Å². The maximum Gasteiger partial charge on any atom is 0.176 e. The van der Waals surface area contributed by atoms with Gasteiger partial charge in [0, 0.05) is 18.2 Å². The fourth-order valence-corrected chi connectivity index (χ4v) is 2.58. The highest BCUT2D eigenvalue weighted by Crippen LogP contribution is 2.26. The number of benzene rings is 1. The van der Waals surface area contributed by atoms with Crippen LogP contribution in [0, 0.1) is 5.92 Å². The summed E-state index contributed by atoms with van der Waals surface area (Å²) in [7, 11) is 0. The molecule has 2 atom stereocenters. The van der Waals surface area contributed by atoms with Gasteiger partial charge in [-0.2, -0.15) is 0 Å². The third-order valence-electron chi connectivity index (χ3n) is 3.56. The molecule has 1 aliphatic heterocycles. The molecule has 0 aromatic heterocycles.